The van der Waals surface area contributed by atoms with Gasteiger partial charge in [0.25, 0.3) is 5.91 Å². The molecule has 0 aliphatic heterocycles. The second-order valence-electron chi connectivity index (χ2n) is 3.91. The summed E-state index contributed by atoms with van der Waals surface area (Å²) in [5.41, 5.74) is 0.477. The van der Waals surface area contributed by atoms with Gasteiger partial charge in [-0.25, -0.2) is 4.98 Å². The van der Waals surface area contributed by atoms with Gasteiger partial charge >= 0.3 is 0 Å². The van der Waals surface area contributed by atoms with Crippen molar-refractivity contribution < 1.29 is 4.79 Å². The van der Waals surface area contributed by atoms with Crippen LogP contribution in [-0.2, 0) is 0 Å². The van der Waals surface area contributed by atoms with Gasteiger partial charge < -0.3 is 10.6 Å². The number of anilines is 1. The van der Waals surface area contributed by atoms with Crippen molar-refractivity contribution >= 4 is 23.3 Å². The molecule has 0 fully saturated rings. The standard InChI is InChI=1S/C11H16ClN3O/c1-7(2)5-15-11(16)8-4-9(12)10(13-3)14-6-8/h4,6-7H,5H2,1-3H3,(H,13,14)(H,15,16). The first-order chi connectivity index (χ1) is 7.54. The Morgan fingerprint density at radius 1 is 1.56 bits per heavy atom. The molecule has 0 bridgehead atoms. The number of rotatable bonds is 4. The van der Waals surface area contributed by atoms with E-state index in [1.807, 2.05) is 13.8 Å². The van der Waals surface area contributed by atoms with Gasteiger partial charge in [0, 0.05) is 19.8 Å². The fraction of sp³-hybridized carbons (Fsp3) is 0.455. The highest BCUT2D eigenvalue weighted by molar-refractivity contribution is 6.33. The first kappa shape index (κ1) is 12.8. The molecule has 0 unspecified atom stereocenters. The first-order valence-corrected chi connectivity index (χ1v) is 5.54. The van der Waals surface area contributed by atoms with Gasteiger partial charge in [-0.1, -0.05) is 25.4 Å². The minimum atomic E-state index is -0.147. The summed E-state index contributed by atoms with van der Waals surface area (Å²) in [5, 5.41) is 6.09. The highest BCUT2D eigenvalue weighted by Gasteiger charge is 2.09. The number of pyridine rings is 1. The van der Waals surface area contributed by atoms with Crippen molar-refractivity contribution in [2.45, 2.75) is 13.8 Å². The molecule has 16 heavy (non-hydrogen) atoms. The van der Waals surface area contributed by atoms with Crippen LogP contribution in [-0.4, -0.2) is 24.5 Å². The summed E-state index contributed by atoms with van der Waals surface area (Å²) in [6.45, 7) is 4.72. The second-order valence-corrected chi connectivity index (χ2v) is 4.32. The maximum atomic E-state index is 11.7. The van der Waals surface area contributed by atoms with Crippen LogP contribution in [0.5, 0.6) is 0 Å². The van der Waals surface area contributed by atoms with E-state index in [0.29, 0.717) is 28.9 Å². The third-order valence-corrected chi connectivity index (χ3v) is 2.30. The van der Waals surface area contributed by atoms with E-state index >= 15 is 0 Å². The van der Waals surface area contributed by atoms with Crippen LogP contribution < -0.4 is 10.6 Å². The van der Waals surface area contributed by atoms with Crippen molar-refractivity contribution in [3.05, 3.63) is 22.8 Å². The molecule has 1 amide bonds. The average molecular weight is 242 g/mol. The lowest BCUT2D eigenvalue weighted by Crippen LogP contribution is -2.27. The monoisotopic (exact) mass is 241 g/mol. The van der Waals surface area contributed by atoms with E-state index in [4.69, 9.17) is 11.6 Å². The topological polar surface area (TPSA) is 54.0 Å². The van der Waals surface area contributed by atoms with Crippen molar-refractivity contribution in [1.82, 2.24) is 10.3 Å². The molecule has 1 aromatic heterocycles. The summed E-state index contributed by atoms with van der Waals surface area (Å²) in [7, 11) is 1.73. The van der Waals surface area contributed by atoms with E-state index < -0.39 is 0 Å². The SMILES string of the molecule is CNc1ncc(C(=O)NCC(C)C)cc1Cl. The molecule has 4 nitrogen and oxygen atoms in total. The number of carbonyl (C=O) groups is 1. The molecular formula is C11H16ClN3O. The van der Waals surface area contributed by atoms with Gasteiger partial charge in [-0.15, -0.1) is 0 Å². The van der Waals surface area contributed by atoms with E-state index in [2.05, 4.69) is 15.6 Å². The number of hydrogen-bond acceptors (Lipinski definition) is 3. The molecule has 88 valence electrons. The second kappa shape index (κ2) is 5.70. The zero-order valence-electron chi connectivity index (χ0n) is 9.67. The summed E-state index contributed by atoms with van der Waals surface area (Å²) in [6, 6.07) is 1.61. The molecule has 0 radical (unpaired) electrons. The predicted molar refractivity (Wildman–Crippen MR) is 66.0 cm³/mol. The summed E-state index contributed by atoms with van der Waals surface area (Å²) in [4.78, 5) is 15.7. The summed E-state index contributed by atoms with van der Waals surface area (Å²) in [5.74, 6) is 0.844. The van der Waals surface area contributed by atoms with Crippen LogP contribution in [0.1, 0.15) is 24.2 Å². The molecule has 5 heteroatoms. The number of aromatic nitrogens is 1. The fourth-order valence-corrected chi connectivity index (χ4v) is 1.41. The molecule has 0 aromatic carbocycles. The smallest absolute Gasteiger partial charge is 0.252 e. The normalized spacial score (nSPS) is 10.3. The molecule has 0 atom stereocenters. The molecule has 0 saturated carbocycles. The molecule has 0 aliphatic carbocycles. The van der Waals surface area contributed by atoms with Crippen LogP contribution in [0.15, 0.2) is 12.3 Å². The third kappa shape index (κ3) is 3.38. The van der Waals surface area contributed by atoms with Crippen molar-refractivity contribution in [2.24, 2.45) is 5.92 Å². The Kier molecular flexibility index (Phi) is 4.55. The van der Waals surface area contributed by atoms with Gasteiger partial charge in [-0.05, 0) is 12.0 Å². The van der Waals surface area contributed by atoms with Crippen molar-refractivity contribution in [2.75, 3.05) is 18.9 Å². The van der Waals surface area contributed by atoms with Crippen LogP contribution in [0.3, 0.4) is 0 Å². The Morgan fingerprint density at radius 3 is 2.75 bits per heavy atom. The van der Waals surface area contributed by atoms with Gasteiger partial charge in [0.15, 0.2) is 0 Å². The lowest BCUT2D eigenvalue weighted by Gasteiger charge is -2.08. The van der Waals surface area contributed by atoms with Crippen LogP contribution in [0.2, 0.25) is 5.02 Å². The molecule has 2 N–H and O–H groups in total. The highest BCUT2D eigenvalue weighted by Crippen LogP contribution is 2.19. The van der Waals surface area contributed by atoms with E-state index in [1.165, 1.54) is 6.20 Å². The summed E-state index contributed by atoms with van der Waals surface area (Å²) in [6.07, 6.45) is 1.51. The lowest BCUT2D eigenvalue weighted by atomic mass is 10.2. The van der Waals surface area contributed by atoms with E-state index in [-0.39, 0.29) is 5.91 Å². The number of hydrogen-bond donors (Lipinski definition) is 2. The Morgan fingerprint density at radius 2 is 2.25 bits per heavy atom. The fourth-order valence-electron chi connectivity index (χ4n) is 1.14. The maximum absolute atomic E-state index is 11.7. The quantitative estimate of drug-likeness (QED) is 0.850. The Hall–Kier alpha value is -1.29. The Labute approximate surface area is 100 Å². The Bertz CT molecular complexity index is 379. The average Bonchev–Trinajstić information content (AvgIpc) is 2.25. The number of halogens is 1. The zero-order valence-corrected chi connectivity index (χ0v) is 10.4. The number of amides is 1. The van der Waals surface area contributed by atoms with Gasteiger partial charge in [-0.3, -0.25) is 4.79 Å². The first-order valence-electron chi connectivity index (χ1n) is 5.16. The number of nitrogens with one attached hydrogen (secondary N) is 2. The van der Waals surface area contributed by atoms with Gasteiger partial charge in [0.2, 0.25) is 0 Å². The zero-order chi connectivity index (χ0) is 12.1. The molecule has 1 heterocycles. The van der Waals surface area contributed by atoms with Crippen LogP contribution in [0, 0.1) is 5.92 Å². The lowest BCUT2D eigenvalue weighted by molar-refractivity contribution is 0.0948. The summed E-state index contributed by atoms with van der Waals surface area (Å²) < 4.78 is 0. The van der Waals surface area contributed by atoms with E-state index in [0.717, 1.165) is 0 Å². The molecule has 1 rings (SSSR count). The molecule has 1 aromatic rings. The molecule has 0 spiro atoms. The van der Waals surface area contributed by atoms with Crippen molar-refractivity contribution in [1.29, 1.82) is 0 Å². The predicted octanol–water partition coefficient (Wildman–Crippen LogP) is 2.16. The minimum absolute atomic E-state index is 0.147. The van der Waals surface area contributed by atoms with E-state index in [9.17, 15) is 4.79 Å². The number of carbonyl (C=O) groups excluding carboxylic acids is 1. The van der Waals surface area contributed by atoms with Gasteiger partial charge in [-0.2, -0.15) is 0 Å². The van der Waals surface area contributed by atoms with Crippen LogP contribution in [0.25, 0.3) is 0 Å². The minimum Gasteiger partial charge on any atom is -0.372 e. The van der Waals surface area contributed by atoms with Crippen LogP contribution in [0.4, 0.5) is 5.82 Å². The molecular weight excluding hydrogens is 226 g/mol. The van der Waals surface area contributed by atoms with Crippen molar-refractivity contribution in [3.63, 3.8) is 0 Å². The van der Waals surface area contributed by atoms with Crippen LogP contribution >= 0.6 is 11.6 Å². The van der Waals surface area contributed by atoms with Gasteiger partial charge in [0.1, 0.15) is 5.82 Å². The van der Waals surface area contributed by atoms with Gasteiger partial charge in [0.05, 0.1) is 10.6 Å². The molecule has 0 aliphatic rings. The van der Waals surface area contributed by atoms with Crippen molar-refractivity contribution in [3.8, 4) is 0 Å². The highest BCUT2D eigenvalue weighted by atomic mass is 35.5. The number of nitrogens with zero attached hydrogens (tertiary/aromatic N) is 1. The maximum Gasteiger partial charge on any atom is 0.252 e. The third-order valence-electron chi connectivity index (χ3n) is 2.01. The Balaban J connectivity index is 2.73. The largest absolute Gasteiger partial charge is 0.372 e. The molecule has 0 saturated heterocycles. The summed E-state index contributed by atoms with van der Waals surface area (Å²) >= 11 is 5.93. The van der Waals surface area contributed by atoms with E-state index in [1.54, 1.807) is 13.1 Å².